The molecule has 0 saturated heterocycles. The molecule has 0 spiro atoms. The van der Waals surface area contributed by atoms with Gasteiger partial charge in [-0.2, -0.15) is 0 Å². The van der Waals surface area contributed by atoms with Gasteiger partial charge in [0.15, 0.2) is 0 Å². The van der Waals surface area contributed by atoms with Crippen LogP contribution < -0.4 is 10.2 Å². The predicted molar refractivity (Wildman–Crippen MR) is 133 cm³/mol. The van der Waals surface area contributed by atoms with Crippen molar-refractivity contribution in [1.29, 1.82) is 0 Å². The average molecular weight is 454 g/mol. The number of hydrogen-bond acceptors (Lipinski definition) is 4. The molecule has 164 valence electrons. The zero-order valence-corrected chi connectivity index (χ0v) is 18.8. The van der Waals surface area contributed by atoms with Crippen LogP contribution in [0.25, 0.3) is 11.1 Å². The molecule has 1 N–H and O–H groups in total. The van der Waals surface area contributed by atoms with Gasteiger partial charge >= 0.3 is 0 Å². The summed E-state index contributed by atoms with van der Waals surface area (Å²) in [6, 6.07) is 22.7. The van der Waals surface area contributed by atoms with Crippen molar-refractivity contribution in [2.45, 2.75) is 19.3 Å². The summed E-state index contributed by atoms with van der Waals surface area (Å²) in [6.45, 7) is 0.706. The van der Waals surface area contributed by atoms with Gasteiger partial charge in [0, 0.05) is 23.2 Å². The molecule has 6 heteroatoms. The molecule has 0 atom stereocenters. The highest BCUT2D eigenvalue weighted by Gasteiger charge is 2.23. The van der Waals surface area contributed by atoms with E-state index in [4.69, 9.17) is 0 Å². The molecule has 0 unspecified atom stereocenters. The van der Waals surface area contributed by atoms with Crippen molar-refractivity contribution >= 4 is 34.7 Å². The number of amides is 2. The van der Waals surface area contributed by atoms with Crippen LogP contribution in [-0.2, 0) is 6.42 Å². The minimum atomic E-state index is -0.239. The van der Waals surface area contributed by atoms with Crippen LogP contribution in [0.4, 0.5) is 11.5 Å². The normalized spacial score (nSPS) is 13.2. The Hall–Kier alpha value is -3.77. The number of nitrogens with zero attached hydrogens (tertiary/aromatic N) is 2. The van der Waals surface area contributed by atoms with Crippen LogP contribution in [0.15, 0.2) is 84.4 Å². The molecule has 0 aliphatic carbocycles. The molecule has 5 rings (SSSR count). The summed E-state index contributed by atoms with van der Waals surface area (Å²) in [5.41, 5.74) is 3.92. The number of fused-ring (bicyclic) bond motifs is 1. The molecule has 1 aliphatic heterocycles. The summed E-state index contributed by atoms with van der Waals surface area (Å²) in [7, 11) is 0. The van der Waals surface area contributed by atoms with Gasteiger partial charge in [-0.15, -0.1) is 11.3 Å². The maximum absolute atomic E-state index is 13.2. The van der Waals surface area contributed by atoms with Crippen molar-refractivity contribution in [3.63, 3.8) is 0 Å². The summed E-state index contributed by atoms with van der Waals surface area (Å²) in [4.78, 5) is 33.6. The van der Waals surface area contributed by atoms with E-state index >= 15 is 0 Å². The Bertz CT molecular complexity index is 1280. The summed E-state index contributed by atoms with van der Waals surface area (Å²) in [5, 5.41) is 4.90. The highest BCUT2D eigenvalue weighted by Crippen LogP contribution is 2.32. The Balaban J connectivity index is 1.33. The van der Waals surface area contributed by atoms with E-state index < -0.39 is 0 Å². The Kier molecular flexibility index (Phi) is 6.00. The third-order valence-corrected chi connectivity index (χ3v) is 6.77. The van der Waals surface area contributed by atoms with Crippen LogP contribution in [-0.4, -0.2) is 23.3 Å². The minimum Gasteiger partial charge on any atom is -0.307 e. The monoisotopic (exact) mass is 453 g/mol. The lowest BCUT2D eigenvalue weighted by molar-refractivity contribution is 0.0985. The molecule has 0 saturated carbocycles. The Labute approximate surface area is 196 Å². The van der Waals surface area contributed by atoms with Crippen molar-refractivity contribution in [3.8, 4) is 11.1 Å². The number of aromatic nitrogens is 1. The standard InChI is InChI=1S/C27H23N3O2S/c31-26(22-11-5-4-10-21(22)19-8-2-1-3-9-19)29-25-14-13-20(18-28-25)27(32)30-16-7-6-12-24-23(30)15-17-33-24/h1-5,8-11,13-15,17-18H,6-7,12,16H2,(H,28,29,31). The van der Waals surface area contributed by atoms with Gasteiger partial charge in [-0.25, -0.2) is 4.98 Å². The lowest BCUT2D eigenvalue weighted by Crippen LogP contribution is -2.31. The van der Waals surface area contributed by atoms with Gasteiger partial charge in [-0.05, 0) is 60.0 Å². The van der Waals surface area contributed by atoms with E-state index in [9.17, 15) is 9.59 Å². The summed E-state index contributed by atoms with van der Waals surface area (Å²) < 4.78 is 0. The molecule has 33 heavy (non-hydrogen) atoms. The number of nitrogens with one attached hydrogen (secondary N) is 1. The van der Waals surface area contributed by atoms with Crippen LogP contribution in [0.1, 0.15) is 38.4 Å². The topological polar surface area (TPSA) is 62.3 Å². The van der Waals surface area contributed by atoms with Gasteiger partial charge in [0.1, 0.15) is 5.82 Å². The largest absolute Gasteiger partial charge is 0.307 e. The quantitative estimate of drug-likeness (QED) is 0.409. The number of benzene rings is 2. The van der Waals surface area contributed by atoms with Crippen molar-refractivity contribution in [3.05, 3.63) is 100 Å². The molecule has 2 aromatic carbocycles. The summed E-state index contributed by atoms with van der Waals surface area (Å²) in [6.07, 6.45) is 4.63. The maximum atomic E-state index is 13.2. The molecule has 5 nitrogen and oxygen atoms in total. The van der Waals surface area contributed by atoms with E-state index in [0.29, 0.717) is 23.5 Å². The number of carbonyl (C=O) groups is 2. The van der Waals surface area contributed by atoms with Crippen LogP contribution in [0.3, 0.4) is 0 Å². The van der Waals surface area contributed by atoms with Crippen LogP contribution in [0, 0.1) is 0 Å². The molecule has 4 aromatic rings. The number of pyridine rings is 1. The van der Waals surface area contributed by atoms with Gasteiger partial charge in [0.2, 0.25) is 0 Å². The number of aryl methyl sites for hydroxylation is 1. The molecule has 0 bridgehead atoms. The zero-order chi connectivity index (χ0) is 22.6. The second-order valence-electron chi connectivity index (χ2n) is 7.94. The molecule has 2 amide bonds. The van der Waals surface area contributed by atoms with E-state index in [2.05, 4.69) is 10.3 Å². The molecular weight excluding hydrogens is 430 g/mol. The molecule has 0 fully saturated rings. The fourth-order valence-corrected chi connectivity index (χ4v) is 5.06. The predicted octanol–water partition coefficient (Wildman–Crippen LogP) is 6.05. The number of thiophene rings is 1. The van der Waals surface area contributed by atoms with E-state index in [1.54, 1.807) is 29.5 Å². The first-order chi connectivity index (χ1) is 16.2. The molecule has 2 aromatic heterocycles. The van der Waals surface area contributed by atoms with Gasteiger partial charge < -0.3 is 10.2 Å². The lowest BCUT2D eigenvalue weighted by atomic mass is 9.99. The fraction of sp³-hybridized carbons (Fsp3) is 0.148. The zero-order valence-electron chi connectivity index (χ0n) is 18.0. The molecule has 3 heterocycles. The van der Waals surface area contributed by atoms with E-state index in [1.165, 1.54) is 11.1 Å². The molecule has 1 aliphatic rings. The third-order valence-electron chi connectivity index (χ3n) is 5.80. The van der Waals surface area contributed by atoms with E-state index in [-0.39, 0.29) is 11.8 Å². The van der Waals surface area contributed by atoms with Crippen molar-refractivity contribution in [2.75, 3.05) is 16.8 Å². The minimum absolute atomic E-state index is 0.0589. The van der Waals surface area contributed by atoms with E-state index in [1.807, 2.05) is 64.9 Å². The summed E-state index contributed by atoms with van der Waals surface area (Å²) in [5.74, 6) is 0.110. The number of anilines is 2. The third kappa shape index (κ3) is 4.43. The maximum Gasteiger partial charge on any atom is 0.259 e. The fourth-order valence-electron chi connectivity index (χ4n) is 4.13. The Morgan fingerprint density at radius 3 is 2.55 bits per heavy atom. The smallest absolute Gasteiger partial charge is 0.259 e. The SMILES string of the molecule is O=C(Nc1ccc(C(=O)N2CCCCc3sccc32)cn1)c1ccccc1-c1ccccc1. The number of hydrogen-bond donors (Lipinski definition) is 1. The van der Waals surface area contributed by atoms with Crippen LogP contribution in [0.5, 0.6) is 0 Å². The first-order valence-electron chi connectivity index (χ1n) is 11.0. The first kappa shape index (κ1) is 21.1. The average Bonchev–Trinajstić information content (AvgIpc) is 3.23. The highest BCUT2D eigenvalue weighted by molar-refractivity contribution is 7.10. The van der Waals surface area contributed by atoms with Gasteiger partial charge in [-0.3, -0.25) is 9.59 Å². The van der Waals surface area contributed by atoms with Crippen molar-refractivity contribution in [1.82, 2.24) is 4.98 Å². The Morgan fingerprint density at radius 2 is 1.73 bits per heavy atom. The van der Waals surface area contributed by atoms with Crippen LogP contribution in [0.2, 0.25) is 0 Å². The van der Waals surface area contributed by atoms with Crippen LogP contribution >= 0.6 is 11.3 Å². The second-order valence-corrected chi connectivity index (χ2v) is 8.94. The second kappa shape index (κ2) is 9.38. The van der Waals surface area contributed by atoms with Gasteiger partial charge in [-0.1, -0.05) is 48.5 Å². The highest BCUT2D eigenvalue weighted by atomic mass is 32.1. The van der Waals surface area contributed by atoms with Gasteiger partial charge in [0.05, 0.1) is 11.3 Å². The summed E-state index contributed by atoms with van der Waals surface area (Å²) >= 11 is 1.70. The van der Waals surface area contributed by atoms with E-state index in [0.717, 1.165) is 36.1 Å². The molecule has 0 radical (unpaired) electrons. The lowest BCUT2D eigenvalue weighted by Gasteiger charge is -2.21. The molecular formula is C27H23N3O2S. The van der Waals surface area contributed by atoms with Gasteiger partial charge in [0.25, 0.3) is 11.8 Å². The Morgan fingerprint density at radius 1 is 0.909 bits per heavy atom. The van der Waals surface area contributed by atoms with Crippen molar-refractivity contribution in [2.24, 2.45) is 0 Å². The number of carbonyl (C=O) groups excluding carboxylic acids is 2. The number of rotatable bonds is 4. The first-order valence-corrected chi connectivity index (χ1v) is 11.9. The van der Waals surface area contributed by atoms with Crippen molar-refractivity contribution < 1.29 is 9.59 Å².